The summed E-state index contributed by atoms with van der Waals surface area (Å²) in [6, 6.07) is 8.60. The Kier molecular flexibility index (Phi) is 5.34. The van der Waals surface area contributed by atoms with Gasteiger partial charge in [-0.05, 0) is 55.7 Å². The Morgan fingerprint density at radius 2 is 1.82 bits per heavy atom. The summed E-state index contributed by atoms with van der Waals surface area (Å²) in [6.45, 7) is 7.23. The first-order chi connectivity index (χ1) is 13.0. The van der Waals surface area contributed by atoms with Crippen LogP contribution in [0.4, 0.5) is 5.69 Å². The number of carboxylic acids is 1. The number of hydrogen-bond acceptors (Lipinski definition) is 3. The van der Waals surface area contributed by atoms with Crippen molar-refractivity contribution in [3.05, 3.63) is 35.9 Å². The monoisotopic (exact) mass is 404 g/mol. The minimum Gasteiger partial charge on any atom is -0.481 e. The topological polar surface area (TPSA) is 94.7 Å². The lowest BCUT2D eigenvalue weighted by molar-refractivity contribution is -0.439. The van der Waals surface area contributed by atoms with Crippen molar-refractivity contribution < 1.29 is 27.4 Å². The van der Waals surface area contributed by atoms with E-state index in [-0.39, 0.29) is 16.7 Å². The van der Waals surface area contributed by atoms with Gasteiger partial charge in [-0.15, -0.1) is 0 Å². The zero-order valence-corrected chi connectivity index (χ0v) is 17.2. The van der Waals surface area contributed by atoms with E-state index in [0.29, 0.717) is 6.42 Å². The Morgan fingerprint density at radius 1 is 1.11 bits per heavy atom. The molecule has 1 heterocycles. The molecule has 1 aliphatic heterocycles. The van der Waals surface area contributed by atoms with Gasteiger partial charge in [0.05, 0.1) is 10.3 Å². The van der Waals surface area contributed by atoms with Crippen LogP contribution in [0.5, 0.6) is 0 Å². The third kappa shape index (κ3) is 3.69. The van der Waals surface area contributed by atoms with Crippen molar-refractivity contribution in [1.82, 2.24) is 0 Å². The number of carboxylic acid groups (broad SMARTS) is 1. The van der Waals surface area contributed by atoms with E-state index in [1.165, 1.54) is 17.8 Å². The van der Waals surface area contributed by atoms with E-state index in [1.807, 2.05) is 12.1 Å². The molecule has 1 aliphatic rings. The van der Waals surface area contributed by atoms with Crippen molar-refractivity contribution >= 4 is 38.3 Å². The second-order valence-electron chi connectivity index (χ2n) is 7.88. The fourth-order valence-corrected chi connectivity index (χ4v) is 4.56. The van der Waals surface area contributed by atoms with Crippen LogP contribution in [0.15, 0.2) is 35.2 Å². The van der Waals surface area contributed by atoms with Crippen molar-refractivity contribution in [3.63, 3.8) is 0 Å². The standard InChI is InChI=1S/C21H25NO5S/c1-14-21(2,3)20-17-10-9-16(28(25,26)27)13-15(17)8-11-18(20)22(14)12-6-4-5-7-19(23)24/h8-11,13H,4-7,12H2,1-3H3,(H-,23,24,25,26,27)/p+1. The van der Waals surface area contributed by atoms with Crippen LogP contribution in [0.3, 0.4) is 0 Å². The first kappa shape index (κ1) is 20.5. The van der Waals surface area contributed by atoms with Crippen LogP contribution in [-0.4, -0.2) is 40.9 Å². The van der Waals surface area contributed by atoms with Crippen LogP contribution < -0.4 is 0 Å². The maximum Gasteiger partial charge on any atom is 0.303 e. The van der Waals surface area contributed by atoms with E-state index in [4.69, 9.17) is 5.11 Å². The molecule has 0 bridgehead atoms. The maximum absolute atomic E-state index is 11.5. The highest BCUT2D eigenvalue weighted by molar-refractivity contribution is 7.85. The first-order valence-electron chi connectivity index (χ1n) is 9.41. The van der Waals surface area contributed by atoms with Gasteiger partial charge in [0, 0.05) is 31.4 Å². The van der Waals surface area contributed by atoms with Gasteiger partial charge < -0.3 is 5.11 Å². The van der Waals surface area contributed by atoms with E-state index in [1.54, 1.807) is 6.07 Å². The van der Waals surface area contributed by atoms with Crippen LogP contribution >= 0.6 is 0 Å². The normalized spacial score (nSPS) is 15.9. The molecule has 150 valence electrons. The van der Waals surface area contributed by atoms with Crippen molar-refractivity contribution in [3.8, 4) is 0 Å². The molecule has 0 fully saturated rings. The molecule has 0 saturated carbocycles. The third-order valence-corrected chi connectivity index (χ3v) is 6.61. The number of nitrogens with zero attached hydrogens (tertiary/aromatic N) is 1. The lowest BCUT2D eigenvalue weighted by Gasteiger charge is -2.17. The number of carbonyl (C=O) groups is 1. The van der Waals surface area contributed by atoms with E-state index in [0.717, 1.165) is 41.4 Å². The van der Waals surface area contributed by atoms with Crippen LogP contribution in [0.2, 0.25) is 0 Å². The Bertz CT molecular complexity index is 1080. The van der Waals surface area contributed by atoms with Crippen LogP contribution in [0.25, 0.3) is 10.8 Å². The van der Waals surface area contributed by atoms with Crippen molar-refractivity contribution in [1.29, 1.82) is 0 Å². The van der Waals surface area contributed by atoms with Gasteiger partial charge in [0.1, 0.15) is 6.54 Å². The number of rotatable bonds is 7. The smallest absolute Gasteiger partial charge is 0.303 e. The van der Waals surface area contributed by atoms with E-state index >= 15 is 0 Å². The number of unbranched alkanes of at least 4 members (excludes halogenated alkanes) is 2. The van der Waals surface area contributed by atoms with Gasteiger partial charge in [-0.25, -0.2) is 0 Å². The largest absolute Gasteiger partial charge is 0.481 e. The predicted octanol–water partition coefficient (Wildman–Crippen LogP) is 4.13. The number of hydrogen-bond donors (Lipinski definition) is 2. The molecule has 0 aliphatic carbocycles. The Balaban J connectivity index is 1.96. The summed E-state index contributed by atoms with van der Waals surface area (Å²) in [7, 11) is -4.24. The number of fused-ring (bicyclic) bond motifs is 3. The van der Waals surface area contributed by atoms with Gasteiger partial charge in [0.15, 0.2) is 5.71 Å². The molecule has 3 rings (SSSR count). The third-order valence-electron chi connectivity index (χ3n) is 5.76. The Hall–Kier alpha value is -2.25. The van der Waals surface area contributed by atoms with Crippen molar-refractivity contribution in [2.75, 3.05) is 6.54 Å². The highest BCUT2D eigenvalue weighted by Gasteiger charge is 2.44. The fraction of sp³-hybridized carbons (Fsp3) is 0.429. The molecular formula is C21H26NO5S+. The summed E-state index contributed by atoms with van der Waals surface area (Å²) >= 11 is 0. The van der Waals surface area contributed by atoms with Crippen LogP contribution in [0, 0.1) is 0 Å². The molecule has 0 spiro atoms. The highest BCUT2D eigenvalue weighted by Crippen LogP contribution is 2.44. The summed E-state index contributed by atoms with van der Waals surface area (Å²) in [5.41, 5.74) is 3.25. The van der Waals surface area contributed by atoms with Crippen LogP contribution in [-0.2, 0) is 20.3 Å². The molecule has 2 aromatic rings. The Labute approximate surface area is 165 Å². The zero-order valence-electron chi connectivity index (χ0n) is 16.4. The fourth-order valence-electron chi connectivity index (χ4n) is 4.05. The second kappa shape index (κ2) is 7.29. The minimum absolute atomic E-state index is 0.105. The molecule has 2 N–H and O–H groups in total. The highest BCUT2D eigenvalue weighted by atomic mass is 32.2. The first-order valence-corrected chi connectivity index (χ1v) is 10.9. The van der Waals surface area contributed by atoms with Gasteiger partial charge in [-0.3, -0.25) is 9.35 Å². The average Bonchev–Trinajstić information content (AvgIpc) is 2.80. The molecule has 0 amide bonds. The lowest BCUT2D eigenvalue weighted by Crippen LogP contribution is -2.27. The summed E-state index contributed by atoms with van der Waals surface area (Å²) in [5.74, 6) is -0.758. The number of aliphatic carboxylic acids is 1. The molecule has 0 radical (unpaired) electrons. The van der Waals surface area contributed by atoms with Gasteiger partial charge in [0.2, 0.25) is 5.69 Å². The second-order valence-corrected chi connectivity index (χ2v) is 9.31. The molecule has 0 atom stereocenters. The minimum atomic E-state index is -4.24. The molecule has 0 aromatic heterocycles. The SMILES string of the molecule is CC1=[N+](CCCCCC(=O)O)c2ccc3cc(S(=O)(=O)O)ccc3c2C1(C)C. The Morgan fingerprint density at radius 3 is 2.46 bits per heavy atom. The number of benzene rings is 2. The summed E-state index contributed by atoms with van der Waals surface area (Å²) in [4.78, 5) is 10.6. The quantitative estimate of drug-likeness (QED) is 0.411. The van der Waals surface area contributed by atoms with Gasteiger partial charge in [-0.1, -0.05) is 6.07 Å². The zero-order chi connectivity index (χ0) is 20.7. The molecule has 7 heteroatoms. The van der Waals surface area contributed by atoms with Gasteiger partial charge >= 0.3 is 5.97 Å². The van der Waals surface area contributed by atoms with E-state index in [9.17, 15) is 17.8 Å². The summed E-state index contributed by atoms with van der Waals surface area (Å²) < 4.78 is 34.5. The molecule has 2 aromatic carbocycles. The van der Waals surface area contributed by atoms with Crippen LogP contribution in [0.1, 0.15) is 52.0 Å². The van der Waals surface area contributed by atoms with E-state index < -0.39 is 16.1 Å². The lowest BCUT2D eigenvalue weighted by atomic mass is 9.80. The predicted molar refractivity (Wildman–Crippen MR) is 108 cm³/mol. The van der Waals surface area contributed by atoms with Gasteiger partial charge in [0.25, 0.3) is 10.1 Å². The average molecular weight is 405 g/mol. The molecule has 28 heavy (non-hydrogen) atoms. The molecule has 0 unspecified atom stereocenters. The molecule has 0 saturated heterocycles. The van der Waals surface area contributed by atoms with Gasteiger partial charge in [-0.2, -0.15) is 13.0 Å². The summed E-state index contributed by atoms with van der Waals surface area (Å²) in [6.07, 6.45) is 2.64. The van der Waals surface area contributed by atoms with Crippen molar-refractivity contribution in [2.24, 2.45) is 0 Å². The molecular weight excluding hydrogens is 378 g/mol. The molecule has 6 nitrogen and oxygen atoms in total. The van der Waals surface area contributed by atoms with Crippen molar-refractivity contribution in [2.45, 2.75) is 56.8 Å². The summed E-state index contributed by atoms with van der Waals surface area (Å²) in [5, 5.41) is 10.5. The maximum atomic E-state index is 11.5. The van der Waals surface area contributed by atoms with E-state index in [2.05, 4.69) is 25.3 Å².